The maximum absolute atomic E-state index is 14.0. The van der Waals surface area contributed by atoms with Crippen molar-refractivity contribution in [2.24, 2.45) is 4.99 Å². The van der Waals surface area contributed by atoms with Gasteiger partial charge in [-0.25, -0.2) is 14.6 Å². The smallest absolute Gasteiger partial charge is 0.337 e. The van der Waals surface area contributed by atoms with Crippen LogP contribution in [0.2, 0.25) is 0 Å². The number of carbonyl (C=O) groups is 2. The number of carbonyl (C=O) groups excluding carboxylic acids is 1. The van der Waals surface area contributed by atoms with E-state index in [1.165, 1.54) is 41.3 Å². The maximum Gasteiger partial charge on any atom is 0.337 e. The quantitative estimate of drug-likeness (QED) is 0.156. The highest BCUT2D eigenvalue weighted by atomic mass is 127. The summed E-state index contributed by atoms with van der Waals surface area (Å²) in [6.07, 6.45) is 3.22. The first-order valence-corrected chi connectivity index (χ1v) is 16.8. The lowest BCUT2D eigenvalue weighted by atomic mass is 9.97. The Hall–Kier alpha value is -3.95. The standard InChI is InChI=1S/C33H28BrIN2O8S/c1-4-43-25-11-10-21(15-26(25)44-5-2)28-22(32(41)42-3)16-36-33-37(28)30(38)27(46-33)14-19-12-23(34)29(24(35)13-19)45-17-18-6-8-20(9-7-18)31(39)40/h6-16,28H,4-5,17H2,1-3H3,(H,39,40)/b27-14-/t28-/m0/s1. The van der Waals surface area contributed by atoms with E-state index in [2.05, 4.69) is 43.5 Å². The number of halogens is 2. The van der Waals surface area contributed by atoms with Crippen LogP contribution in [-0.4, -0.2) is 41.9 Å². The molecule has 1 aliphatic rings. The highest BCUT2D eigenvalue weighted by Crippen LogP contribution is 2.35. The van der Waals surface area contributed by atoms with Crippen LogP contribution in [0, 0.1) is 3.57 Å². The molecule has 0 bridgehead atoms. The Kier molecular flexibility index (Phi) is 10.6. The Morgan fingerprint density at radius 1 is 1.04 bits per heavy atom. The number of fused-ring (bicyclic) bond motifs is 1. The summed E-state index contributed by atoms with van der Waals surface area (Å²) >= 11 is 6.97. The molecule has 2 heterocycles. The number of ether oxygens (including phenoxy) is 4. The molecule has 238 valence electrons. The number of aromatic nitrogens is 1. The first-order chi connectivity index (χ1) is 22.1. The van der Waals surface area contributed by atoms with E-state index in [1.807, 2.05) is 26.0 Å². The monoisotopic (exact) mass is 818 g/mol. The minimum Gasteiger partial charge on any atom is -0.490 e. The molecule has 5 rings (SSSR count). The minimum atomic E-state index is -0.987. The van der Waals surface area contributed by atoms with Crippen molar-refractivity contribution in [2.45, 2.75) is 26.5 Å². The number of thiazole rings is 1. The third-order valence-electron chi connectivity index (χ3n) is 6.91. The molecule has 3 aromatic carbocycles. The number of methoxy groups -OCH3 is 1. The largest absolute Gasteiger partial charge is 0.490 e. The Morgan fingerprint density at radius 2 is 1.76 bits per heavy atom. The third-order valence-corrected chi connectivity index (χ3v) is 9.30. The summed E-state index contributed by atoms with van der Waals surface area (Å²) in [6.45, 7) is 4.84. The molecule has 0 amide bonds. The first-order valence-electron chi connectivity index (χ1n) is 14.1. The lowest BCUT2D eigenvalue weighted by Crippen LogP contribution is -2.39. The molecule has 13 heteroatoms. The van der Waals surface area contributed by atoms with Gasteiger partial charge in [0.25, 0.3) is 5.56 Å². The number of rotatable bonds is 11. The van der Waals surface area contributed by atoms with Gasteiger partial charge in [0.05, 0.1) is 50.1 Å². The zero-order valence-electron chi connectivity index (χ0n) is 24.9. The fourth-order valence-corrected chi connectivity index (χ4v) is 7.58. The lowest BCUT2D eigenvalue weighted by Gasteiger charge is -2.23. The number of hydrogen-bond donors (Lipinski definition) is 1. The second kappa shape index (κ2) is 14.6. The van der Waals surface area contributed by atoms with Crippen molar-refractivity contribution < 1.29 is 33.6 Å². The van der Waals surface area contributed by atoms with Crippen LogP contribution in [0.5, 0.6) is 17.2 Å². The van der Waals surface area contributed by atoms with Gasteiger partial charge in [0.15, 0.2) is 16.3 Å². The summed E-state index contributed by atoms with van der Waals surface area (Å²) in [5, 5.41) is 9.12. The normalized spacial score (nSPS) is 14.2. The van der Waals surface area contributed by atoms with Gasteiger partial charge in [-0.15, -0.1) is 0 Å². The molecule has 0 radical (unpaired) electrons. The van der Waals surface area contributed by atoms with Gasteiger partial charge in [-0.3, -0.25) is 9.36 Å². The van der Waals surface area contributed by atoms with E-state index in [9.17, 15) is 14.4 Å². The number of nitrogens with zero attached hydrogens (tertiary/aromatic N) is 2. The molecule has 0 aliphatic carbocycles. The fourth-order valence-electron chi connectivity index (χ4n) is 4.84. The molecule has 0 fully saturated rings. The molecule has 0 spiro atoms. The third kappa shape index (κ3) is 7.05. The van der Waals surface area contributed by atoms with Crippen LogP contribution in [0.15, 0.2) is 80.6 Å². The molecule has 4 aromatic rings. The van der Waals surface area contributed by atoms with Gasteiger partial charge in [-0.05, 0) is 112 Å². The number of benzene rings is 3. The molecule has 0 unspecified atom stereocenters. The van der Waals surface area contributed by atoms with Crippen molar-refractivity contribution in [3.8, 4) is 17.2 Å². The molecule has 46 heavy (non-hydrogen) atoms. The molecule has 0 saturated carbocycles. The van der Waals surface area contributed by atoms with Gasteiger partial charge in [0, 0.05) is 6.20 Å². The van der Waals surface area contributed by atoms with Gasteiger partial charge >= 0.3 is 11.9 Å². The van der Waals surface area contributed by atoms with Crippen molar-refractivity contribution in [1.29, 1.82) is 0 Å². The molecular weight excluding hydrogens is 791 g/mol. The van der Waals surface area contributed by atoms with Crippen molar-refractivity contribution in [3.63, 3.8) is 0 Å². The number of carboxylic acid groups (broad SMARTS) is 1. The van der Waals surface area contributed by atoms with E-state index < -0.39 is 18.0 Å². The van der Waals surface area contributed by atoms with E-state index >= 15 is 0 Å². The summed E-state index contributed by atoms with van der Waals surface area (Å²) < 4.78 is 26.0. The molecule has 1 N–H and O–H groups in total. The maximum atomic E-state index is 14.0. The van der Waals surface area contributed by atoms with Crippen molar-refractivity contribution in [1.82, 2.24) is 4.57 Å². The zero-order valence-corrected chi connectivity index (χ0v) is 29.5. The van der Waals surface area contributed by atoms with Gasteiger partial charge < -0.3 is 24.1 Å². The van der Waals surface area contributed by atoms with Crippen molar-refractivity contribution in [2.75, 3.05) is 20.3 Å². The Balaban J connectivity index is 1.51. The van der Waals surface area contributed by atoms with Crippen LogP contribution in [0.4, 0.5) is 0 Å². The van der Waals surface area contributed by atoms with E-state index in [-0.39, 0.29) is 23.3 Å². The van der Waals surface area contributed by atoms with Crippen molar-refractivity contribution in [3.05, 3.63) is 116 Å². The Morgan fingerprint density at radius 3 is 2.41 bits per heavy atom. The summed E-state index contributed by atoms with van der Waals surface area (Å²) in [6, 6.07) is 14.8. The molecule has 10 nitrogen and oxygen atoms in total. The van der Waals surface area contributed by atoms with Crippen LogP contribution < -0.4 is 29.1 Å². The van der Waals surface area contributed by atoms with Crippen LogP contribution in [-0.2, 0) is 16.1 Å². The lowest BCUT2D eigenvalue weighted by molar-refractivity contribution is -0.136. The van der Waals surface area contributed by atoms with Crippen molar-refractivity contribution >= 4 is 67.9 Å². The second-order valence-corrected chi connectivity index (χ2v) is 12.9. The van der Waals surface area contributed by atoms with Crippen LogP contribution in [0.25, 0.3) is 6.08 Å². The van der Waals surface area contributed by atoms with Crippen LogP contribution in [0.3, 0.4) is 0 Å². The first kappa shape index (κ1) is 33.4. The predicted octanol–water partition coefficient (Wildman–Crippen LogP) is 5.46. The Bertz CT molecular complexity index is 2000. The number of hydrogen-bond acceptors (Lipinski definition) is 9. The zero-order chi connectivity index (χ0) is 33.0. The number of aromatic carboxylic acids is 1. The Labute approximate surface area is 289 Å². The number of carboxylic acids is 1. The highest BCUT2D eigenvalue weighted by Gasteiger charge is 2.31. The summed E-state index contributed by atoms with van der Waals surface area (Å²) in [7, 11) is 1.29. The van der Waals surface area contributed by atoms with E-state index in [0.717, 1.165) is 14.7 Å². The van der Waals surface area contributed by atoms with E-state index in [4.69, 9.17) is 24.1 Å². The molecule has 1 aromatic heterocycles. The molecule has 1 atom stereocenters. The van der Waals surface area contributed by atoms with Gasteiger partial charge in [-0.2, -0.15) is 0 Å². The molecular formula is C33H28BrIN2O8S. The highest BCUT2D eigenvalue weighted by molar-refractivity contribution is 14.1. The molecule has 0 saturated heterocycles. The number of esters is 1. The van der Waals surface area contributed by atoms with Crippen LogP contribution >= 0.6 is 49.9 Å². The van der Waals surface area contributed by atoms with E-state index in [1.54, 1.807) is 36.4 Å². The van der Waals surface area contributed by atoms with Gasteiger partial charge in [-0.1, -0.05) is 29.5 Å². The second-order valence-electron chi connectivity index (χ2n) is 9.85. The van der Waals surface area contributed by atoms with E-state index in [0.29, 0.717) is 49.8 Å². The van der Waals surface area contributed by atoms with Crippen LogP contribution in [0.1, 0.15) is 46.9 Å². The summed E-state index contributed by atoms with van der Waals surface area (Å²) in [5.41, 5.74) is 2.32. The average Bonchev–Trinajstić information content (AvgIpc) is 3.35. The van der Waals surface area contributed by atoms with Gasteiger partial charge in [0.2, 0.25) is 0 Å². The average molecular weight is 819 g/mol. The topological polar surface area (TPSA) is 126 Å². The summed E-state index contributed by atoms with van der Waals surface area (Å²) in [4.78, 5) is 42.9. The SMILES string of the molecule is CCOc1ccc([C@H]2C(C(=O)OC)=CN=c3s/c(=C\c4cc(Br)c(OCc5ccc(C(=O)O)cc5)c(I)c4)c(=O)n32)cc1OCC. The minimum absolute atomic E-state index is 0.205. The predicted molar refractivity (Wildman–Crippen MR) is 185 cm³/mol. The summed E-state index contributed by atoms with van der Waals surface area (Å²) in [5.74, 6) is 0.0997. The molecule has 1 aliphatic heterocycles. The van der Waals surface area contributed by atoms with Gasteiger partial charge in [0.1, 0.15) is 12.4 Å². The fraction of sp³-hybridized carbons (Fsp3) is 0.212.